The van der Waals surface area contributed by atoms with Gasteiger partial charge in [0.15, 0.2) is 11.5 Å². The van der Waals surface area contributed by atoms with Gasteiger partial charge in [0.2, 0.25) is 11.6 Å². The van der Waals surface area contributed by atoms with E-state index in [1.165, 1.54) is 13.5 Å². The minimum Gasteiger partial charge on any atom is -0.504 e. The molecule has 0 radical (unpaired) electrons. The van der Waals surface area contributed by atoms with Gasteiger partial charge in [0.05, 0.1) is 7.11 Å². The predicted octanol–water partition coefficient (Wildman–Crippen LogP) is 5.51. The highest BCUT2D eigenvalue weighted by molar-refractivity contribution is 6.20. The molecule has 0 bridgehead atoms. The quantitative estimate of drug-likeness (QED) is 0.267. The van der Waals surface area contributed by atoms with Gasteiger partial charge in [-0.1, -0.05) is 56.9 Å². The molecule has 1 aliphatic rings. The molecule has 1 aliphatic carbocycles. The van der Waals surface area contributed by atoms with Crippen molar-refractivity contribution < 1.29 is 19.4 Å². The van der Waals surface area contributed by atoms with E-state index < -0.39 is 11.5 Å². The first kappa shape index (κ1) is 21.9. The molecule has 0 fully saturated rings. The molecule has 0 amide bonds. The smallest absolute Gasteiger partial charge is 0.227 e. The zero-order valence-electron chi connectivity index (χ0n) is 16.1. The normalized spacial score (nSPS) is 15.4. The Morgan fingerprint density at radius 1 is 0.962 bits per heavy atom. The zero-order chi connectivity index (χ0) is 19.2. The third-order valence-corrected chi connectivity index (χ3v) is 4.36. The van der Waals surface area contributed by atoms with Crippen molar-refractivity contribution in [2.24, 2.45) is 0 Å². The Labute approximate surface area is 157 Å². The zero-order valence-corrected chi connectivity index (χ0v) is 16.1. The maximum absolute atomic E-state index is 12.1. The van der Waals surface area contributed by atoms with Gasteiger partial charge in [-0.2, -0.15) is 0 Å². The summed E-state index contributed by atoms with van der Waals surface area (Å²) in [6.07, 6.45) is 20.0. The molecule has 0 heterocycles. The monoisotopic (exact) mass is 360 g/mol. The number of rotatable bonds is 13. The van der Waals surface area contributed by atoms with Crippen LogP contribution in [0.3, 0.4) is 0 Å². The molecule has 0 aromatic rings. The molecule has 0 atom stereocenters. The van der Waals surface area contributed by atoms with Crippen molar-refractivity contribution >= 4 is 11.6 Å². The van der Waals surface area contributed by atoms with Crippen LogP contribution >= 0.6 is 0 Å². The second-order valence-corrected chi connectivity index (χ2v) is 6.51. The Balaban J connectivity index is 2.14. The van der Waals surface area contributed by atoms with Crippen molar-refractivity contribution in [1.29, 1.82) is 0 Å². The number of carbonyl (C=O) groups is 2. The van der Waals surface area contributed by atoms with Crippen molar-refractivity contribution in [1.82, 2.24) is 0 Å². The van der Waals surface area contributed by atoms with Gasteiger partial charge in [-0.15, -0.1) is 0 Å². The molecule has 0 saturated carbocycles. The number of ether oxygens (including phenoxy) is 1. The lowest BCUT2D eigenvalue weighted by Crippen LogP contribution is -2.20. The first-order valence-corrected chi connectivity index (χ1v) is 9.68. The first-order chi connectivity index (χ1) is 12.6. The molecule has 0 saturated heterocycles. The van der Waals surface area contributed by atoms with Crippen molar-refractivity contribution in [3.63, 3.8) is 0 Å². The fourth-order valence-electron chi connectivity index (χ4n) is 2.81. The van der Waals surface area contributed by atoms with Gasteiger partial charge in [0.25, 0.3) is 0 Å². The van der Waals surface area contributed by atoms with Crippen LogP contribution in [0.15, 0.2) is 47.5 Å². The van der Waals surface area contributed by atoms with Crippen LogP contribution in [0, 0.1) is 0 Å². The van der Waals surface area contributed by atoms with Gasteiger partial charge in [-0.3, -0.25) is 9.59 Å². The van der Waals surface area contributed by atoms with Crippen LogP contribution in [0.5, 0.6) is 0 Å². The number of methoxy groups -OCH3 is 1. The Hall–Kier alpha value is -2.10. The molecule has 26 heavy (non-hydrogen) atoms. The maximum atomic E-state index is 12.1. The number of aliphatic hydroxyl groups is 1. The molecular weight excluding hydrogens is 328 g/mol. The van der Waals surface area contributed by atoms with E-state index in [-0.39, 0.29) is 17.1 Å². The van der Waals surface area contributed by atoms with Gasteiger partial charge in [0, 0.05) is 11.6 Å². The molecule has 4 nitrogen and oxygen atoms in total. The van der Waals surface area contributed by atoms with E-state index >= 15 is 0 Å². The number of allylic oxidation sites excluding steroid dienone is 6. The van der Waals surface area contributed by atoms with Crippen LogP contribution in [0.2, 0.25) is 0 Å². The summed E-state index contributed by atoms with van der Waals surface area (Å²) in [7, 11) is 1.35. The van der Waals surface area contributed by atoms with Crippen molar-refractivity contribution in [3.8, 4) is 0 Å². The number of carbonyl (C=O) groups excluding carboxylic acids is 2. The molecule has 0 aromatic heterocycles. The molecule has 0 aromatic carbocycles. The number of aliphatic hydroxyl groups excluding tert-OH is 1. The van der Waals surface area contributed by atoms with Crippen LogP contribution in [0.1, 0.15) is 71.1 Å². The Kier molecular flexibility index (Phi) is 11.1. The van der Waals surface area contributed by atoms with E-state index in [0.717, 1.165) is 57.4 Å². The molecule has 0 unspecified atom stereocenters. The number of unbranched alkanes of at least 4 members (excludes halogenated alkanes) is 6. The van der Waals surface area contributed by atoms with E-state index in [1.54, 1.807) is 0 Å². The average molecular weight is 360 g/mol. The Morgan fingerprint density at radius 3 is 2.31 bits per heavy atom. The number of hydrogen-bond donors (Lipinski definition) is 1. The lowest BCUT2D eigenvalue weighted by atomic mass is 9.94. The SMILES string of the molecule is CCC/C=C\C/C=C\CCCCCCCC1=C(O)C(=O)C=C(OC)C1=O. The molecule has 0 spiro atoms. The summed E-state index contributed by atoms with van der Waals surface area (Å²) in [6, 6.07) is 0. The fourth-order valence-corrected chi connectivity index (χ4v) is 2.81. The summed E-state index contributed by atoms with van der Waals surface area (Å²) >= 11 is 0. The lowest BCUT2D eigenvalue weighted by Gasteiger charge is -2.14. The Morgan fingerprint density at radius 2 is 1.62 bits per heavy atom. The van der Waals surface area contributed by atoms with Gasteiger partial charge in [0.1, 0.15) is 0 Å². The molecule has 1 rings (SSSR count). The van der Waals surface area contributed by atoms with E-state index in [4.69, 9.17) is 4.74 Å². The van der Waals surface area contributed by atoms with Crippen LogP contribution in [0.4, 0.5) is 0 Å². The van der Waals surface area contributed by atoms with Crippen molar-refractivity contribution in [2.45, 2.75) is 71.1 Å². The van der Waals surface area contributed by atoms with Gasteiger partial charge in [-0.05, 0) is 38.5 Å². The molecule has 144 valence electrons. The van der Waals surface area contributed by atoms with E-state index in [9.17, 15) is 14.7 Å². The van der Waals surface area contributed by atoms with Crippen LogP contribution in [-0.4, -0.2) is 23.8 Å². The second-order valence-electron chi connectivity index (χ2n) is 6.51. The maximum Gasteiger partial charge on any atom is 0.227 e. The van der Waals surface area contributed by atoms with Crippen molar-refractivity contribution in [3.05, 3.63) is 47.5 Å². The highest BCUT2D eigenvalue weighted by atomic mass is 16.5. The molecule has 4 heteroatoms. The largest absolute Gasteiger partial charge is 0.504 e. The third kappa shape index (κ3) is 7.85. The van der Waals surface area contributed by atoms with E-state index in [0.29, 0.717) is 6.42 Å². The van der Waals surface area contributed by atoms with E-state index in [1.807, 2.05) is 0 Å². The minimum absolute atomic E-state index is 0.0131. The lowest BCUT2D eigenvalue weighted by molar-refractivity contribution is -0.119. The predicted molar refractivity (Wildman–Crippen MR) is 105 cm³/mol. The minimum atomic E-state index is -0.548. The van der Waals surface area contributed by atoms with E-state index in [2.05, 4.69) is 31.2 Å². The third-order valence-electron chi connectivity index (χ3n) is 4.36. The second kappa shape index (κ2) is 13.2. The average Bonchev–Trinajstić information content (AvgIpc) is 2.64. The topological polar surface area (TPSA) is 63.6 Å². The standard InChI is InChI=1S/C22H32O4/c1-3-4-5-6-7-8-9-10-11-12-13-14-15-16-18-21(24)19(23)17-20(26-2)22(18)25/h5-6,8-9,17,24H,3-4,7,10-16H2,1-2H3/b6-5-,9-8-. The Bertz CT molecular complexity index is 579. The van der Waals surface area contributed by atoms with Crippen LogP contribution in [0.25, 0.3) is 0 Å². The summed E-state index contributed by atoms with van der Waals surface area (Å²) in [5.74, 6) is -1.33. The number of ketones is 2. The van der Waals surface area contributed by atoms with Gasteiger partial charge in [-0.25, -0.2) is 0 Å². The van der Waals surface area contributed by atoms with Gasteiger partial charge < -0.3 is 9.84 Å². The summed E-state index contributed by atoms with van der Waals surface area (Å²) in [5.41, 5.74) is 0.188. The fraction of sp³-hybridized carbons (Fsp3) is 0.545. The van der Waals surface area contributed by atoms with Crippen LogP contribution in [-0.2, 0) is 14.3 Å². The number of Topliss-reactive ketones (excluding diaryl/α,β-unsaturated/α-hetero) is 1. The molecule has 0 aliphatic heterocycles. The summed E-state index contributed by atoms with van der Waals surface area (Å²) in [5, 5.41) is 9.81. The summed E-state index contributed by atoms with van der Waals surface area (Å²) in [6.45, 7) is 2.18. The first-order valence-electron chi connectivity index (χ1n) is 9.68. The highest BCUT2D eigenvalue weighted by Crippen LogP contribution is 2.23. The highest BCUT2D eigenvalue weighted by Gasteiger charge is 2.28. The van der Waals surface area contributed by atoms with Crippen molar-refractivity contribution in [2.75, 3.05) is 7.11 Å². The number of hydrogen-bond acceptors (Lipinski definition) is 4. The molecular formula is C22H32O4. The molecule has 1 N–H and O–H groups in total. The summed E-state index contributed by atoms with van der Waals surface area (Å²) in [4.78, 5) is 23.7. The van der Waals surface area contributed by atoms with Gasteiger partial charge >= 0.3 is 0 Å². The van der Waals surface area contributed by atoms with Crippen LogP contribution < -0.4 is 0 Å². The summed E-state index contributed by atoms with van der Waals surface area (Å²) < 4.78 is 4.91.